The number of aryl methyl sites for hydroxylation is 1. The molecule has 2 aromatic carbocycles. The van der Waals surface area contributed by atoms with E-state index in [4.69, 9.17) is 0 Å². The molecule has 0 aliphatic heterocycles. The van der Waals surface area contributed by atoms with Crippen molar-refractivity contribution >= 4 is 38.4 Å². The standard InChI is InChI=1S/C18H15FN2O2S/c1-11-2-7-14-16(10-11)24-18(20-14)21-17(23)9-8-15(22)12-3-5-13(19)6-4-12/h2-7,10H,8-9H2,1H3,(H,20,21,23). The number of nitrogens with zero attached hydrogens (tertiary/aromatic N) is 1. The number of carbonyl (C=O) groups is 2. The molecular weight excluding hydrogens is 327 g/mol. The van der Waals surface area contributed by atoms with E-state index in [-0.39, 0.29) is 24.5 Å². The van der Waals surface area contributed by atoms with Crippen molar-refractivity contribution in [2.75, 3.05) is 5.32 Å². The zero-order chi connectivity index (χ0) is 17.1. The number of benzene rings is 2. The normalized spacial score (nSPS) is 10.8. The Morgan fingerprint density at radius 1 is 1.12 bits per heavy atom. The van der Waals surface area contributed by atoms with Crippen molar-refractivity contribution in [2.24, 2.45) is 0 Å². The molecule has 1 amide bonds. The number of ketones is 1. The molecule has 6 heteroatoms. The maximum Gasteiger partial charge on any atom is 0.226 e. The summed E-state index contributed by atoms with van der Waals surface area (Å²) in [5.41, 5.74) is 2.37. The summed E-state index contributed by atoms with van der Waals surface area (Å²) in [6.45, 7) is 2.00. The topological polar surface area (TPSA) is 59.1 Å². The fourth-order valence-corrected chi connectivity index (χ4v) is 3.25. The summed E-state index contributed by atoms with van der Waals surface area (Å²) in [5.74, 6) is -0.846. The summed E-state index contributed by atoms with van der Waals surface area (Å²) >= 11 is 1.40. The second kappa shape index (κ2) is 6.88. The Bertz CT molecular complexity index is 903. The van der Waals surface area contributed by atoms with E-state index >= 15 is 0 Å². The highest BCUT2D eigenvalue weighted by Crippen LogP contribution is 2.26. The summed E-state index contributed by atoms with van der Waals surface area (Å²) in [6, 6.07) is 11.2. The van der Waals surface area contributed by atoms with Crippen LogP contribution in [0.15, 0.2) is 42.5 Å². The SMILES string of the molecule is Cc1ccc2nc(NC(=O)CCC(=O)c3ccc(F)cc3)sc2c1. The van der Waals surface area contributed by atoms with Gasteiger partial charge >= 0.3 is 0 Å². The van der Waals surface area contributed by atoms with E-state index in [0.717, 1.165) is 15.8 Å². The molecule has 3 rings (SSSR count). The summed E-state index contributed by atoms with van der Waals surface area (Å²) in [4.78, 5) is 28.3. The minimum absolute atomic E-state index is 0.0607. The van der Waals surface area contributed by atoms with Crippen LogP contribution in [0.1, 0.15) is 28.8 Å². The van der Waals surface area contributed by atoms with Crippen LogP contribution in [-0.4, -0.2) is 16.7 Å². The van der Waals surface area contributed by atoms with Crippen LogP contribution in [0.5, 0.6) is 0 Å². The van der Waals surface area contributed by atoms with Crippen LogP contribution < -0.4 is 5.32 Å². The molecular formula is C18H15FN2O2S. The monoisotopic (exact) mass is 342 g/mol. The highest BCUT2D eigenvalue weighted by atomic mass is 32.1. The van der Waals surface area contributed by atoms with E-state index in [1.54, 1.807) is 0 Å². The fraction of sp³-hybridized carbons (Fsp3) is 0.167. The minimum Gasteiger partial charge on any atom is -0.302 e. The van der Waals surface area contributed by atoms with Gasteiger partial charge in [0.2, 0.25) is 5.91 Å². The quantitative estimate of drug-likeness (QED) is 0.702. The van der Waals surface area contributed by atoms with Gasteiger partial charge in [0.05, 0.1) is 10.2 Å². The first-order valence-electron chi connectivity index (χ1n) is 7.47. The first-order chi connectivity index (χ1) is 11.5. The van der Waals surface area contributed by atoms with Crippen LogP contribution >= 0.6 is 11.3 Å². The highest BCUT2D eigenvalue weighted by Gasteiger charge is 2.12. The maximum atomic E-state index is 12.8. The molecule has 0 radical (unpaired) electrons. The number of carbonyl (C=O) groups excluding carboxylic acids is 2. The number of hydrogen-bond acceptors (Lipinski definition) is 4. The molecule has 0 unspecified atom stereocenters. The highest BCUT2D eigenvalue weighted by molar-refractivity contribution is 7.22. The lowest BCUT2D eigenvalue weighted by Gasteiger charge is -2.02. The van der Waals surface area contributed by atoms with Crippen LogP contribution in [0.25, 0.3) is 10.2 Å². The molecule has 1 N–H and O–H groups in total. The second-order valence-corrected chi connectivity index (χ2v) is 6.50. The second-order valence-electron chi connectivity index (χ2n) is 5.47. The zero-order valence-electron chi connectivity index (χ0n) is 13.0. The number of rotatable bonds is 5. The number of anilines is 1. The number of hydrogen-bond donors (Lipinski definition) is 1. The van der Waals surface area contributed by atoms with Gasteiger partial charge in [-0.3, -0.25) is 9.59 Å². The van der Waals surface area contributed by atoms with E-state index in [1.807, 2.05) is 25.1 Å². The van der Waals surface area contributed by atoms with E-state index in [0.29, 0.717) is 10.7 Å². The minimum atomic E-state index is -0.393. The number of Topliss-reactive ketones (excluding diaryl/α,β-unsaturated/α-hetero) is 1. The molecule has 0 saturated heterocycles. The van der Waals surface area contributed by atoms with Crippen molar-refractivity contribution in [1.29, 1.82) is 0 Å². The van der Waals surface area contributed by atoms with Crippen LogP contribution in [0.4, 0.5) is 9.52 Å². The number of amides is 1. The van der Waals surface area contributed by atoms with Gasteiger partial charge in [-0.2, -0.15) is 0 Å². The fourth-order valence-electron chi connectivity index (χ4n) is 2.27. The third kappa shape index (κ3) is 3.83. The predicted octanol–water partition coefficient (Wildman–Crippen LogP) is 4.35. The van der Waals surface area contributed by atoms with Crippen molar-refractivity contribution < 1.29 is 14.0 Å². The molecule has 3 aromatic rings. The molecule has 0 aliphatic rings. The number of thiazole rings is 1. The van der Waals surface area contributed by atoms with Crippen molar-refractivity contribution in [3.8, 4) is 0 Å². The molecule has 0 atom stereocenters. The molecule has 122 valence electrons. The number of nitrogens with one attached hydrogen (secondary N) is 1. The lowest BCUT2D eigenvalue weighted by Crippen LogP contribution is -2.13. The molecule has 0 saturated carbocycles. The summed E-state index contributed by atoms with van der Waals surface area (Å²) < 4.78 is 13.8. The average molecular weight is 342 g/mol. The number of halogens is 1. The van der Waals surface area contributed by atoms with Gasteiger partial charge in [-0.05, 0) is 48.9 Å². The smallest absolute Gasteiger partial charge is 0.226 e. The van der Waals surface area contributed by atoms with Crippen LogP contribution in [-0.2, 0) is 4.79 Å². The number of fused-ring (bicyclic) bond motifs is 1. The van der Waals surface area contributed by atoms with Gasteiger partial charge in [-0.1, -0.05) is 17.4 Å². The van der Waals surface area contributed by atoms with E-state index in [9.17, 15) is 14.0 Å². The van der Waals surface area contributed by atoms with Gasteiger partial charge in [0.15, 0.2) is 10.9 Å². The van der Waals surface area contributed by atoms with Gasteiger partial charge in [0, 0.05) is 18.4 Å². The van der Waals surface area contributed by atoms with Gasteiger partial charge in [-0.25, -0.2) is 9.37 Å². The van der Waals surface area contributed by atoms with Gasteiger partial charge in [0.25, 0.3) is 0 Å². The average Bonchev–Trinajstić information content (AvgIpc) is 2.94. The molecule has 0 fully saturated rings. The molecule has 0 spiro atoms. The lowest BCUT2D eigenvalue weighted by molar-refractivity contribution is -0.116. The molecule has 4 nitrogen and oxygen atoms in total. The van der Waals surface area contributed by atoms with E-state index < -0.39 is 5.82 Å². The predicted molar refractivity (Wildman–Crippen MR) is 93.0 cm³/mol. The van der Waals surface area contributed by atoms with Crippen molar-refractivity contribution in [3.63, 3.8) is 0 Å². The Morgan fingerprint density at radius 3 is 2.62 bits per heavy atom. The van der Waals surface area contributed by atoms with Gasteiger partial charge in [0.1, 0.15) is 5.82 Å². The Labute approximate surface area is 142 Å². The molecule has 1 heterocycles. The maximum absolute atomic E-state index is 12.8. The van der Waals surface area contributed by atoms with E-state index in [2.05, 4.69) is 10.3 Å². The molecule has 1 aromatic heterocycles. The largest absolute Gasteiger partial charge is 0.302 e. The van der Waals surface area contributed by atoms with Gasteiger partial charge < -0.3 is 5.32 Å². The Kier molecular flexibility index (Phi) is 4.66. The Hall–Kier alpha value is -2.60. The summed E-state index contributed by atoms with van der Waals surface area (Å²) in [7, 11) is 0. The summed E-state index contributed by atoms with van der Waals surface area (Å²) in [6.07, 6.45) is 0.132. The zero-order valence-corrected chi connectivity index (χ0v) is 13.8. The van der Waals surface area contributed by atoms with E-state index in [1.165, 1.54) is 35.6 Å². The van der Waals surface area contributed by atoms with Crippen LogP contribution in [0.3, 0.4) is 0 Å². The lowest BCUT2D eigenvalue weighted by atomic mass is 10.1. The Balaban J connectivity index is 1.58. The molecule has 0 aliphatic carbocycles. The van der Waals surface area contributed by atoms with Crippen molar-refractivity contribution in [3.05, 3.63) is 59.4 Å². The first kappa shape index (κ1) is 16.3. The Morgan fingerprint density at radius 2 is 1.88 bits per heavy atom. The molecule has 24 heavy (non-hydrogen) atoms. The molecule has 0 bridgehead atoms. The van der Waals surface area contributed by atoms with Crippen LogP contribution in [0, 0.1) is 12.7 Å². The van der Waals surface area contributed by atoms with Crippen molar-refractivity contribution in [2.45, 2.75) is 19.8 Å². The summed E-state index contributed by atoms with van der Waals surface area (Å²) in [5, 5.41) is 3.25. The van der Waals surface area contributed by atoms with Gasteiger partial charge in [-0.15, -0.1) is 0 Å². The first-order valence-corrected chi connectivity index (χ1v) is 8.29. The third-order valence-electron chi connectivity index (χ3n) is 3.54. The third-order valence-corrected chi connectivity index (χ3v) is 4.47. The van der Waals surface area contributed by atoms with Crippen molar-refractivity contribution in [1.82, 2.24) is 4.98 Å². The number of aromatic nitrogens is 1. The van der Waals surface area contributed by atoms with Crippen LogP contribution in [0.2, 0.25) is 0 Å².